The number of ether oxygens (including phenoxy) is 1. The first-order chi connectivity index (χ1) is 14.8. The summed E-state index contributed by atoms with van der Waals surface area (Å²) in [5.74, 6) is 1.35. The highest BCUT2D eigenvalue weighted by atomic mass is 32.2. The van der Waals surface area contributed by atoms with Crippen LogP contribution < -0.4 is 4.74 Å². The van der Waals surface area contributed by atoms with E-state index in [0.717, 1.165) is 37.1 Å². The summed E-state index contributed by atoms with van der Waals surface area (Å²) >= 11 is 1.42. The third-order valence-electron chi connectivity index (χ3n) is 6.29. The Balaban J connectivity index is 1.46. The number of tetrazole rings is 1. The highest BCUT2D eigenvalue weighted by Crippen LogP contribution is 2.31. The molecule has 1 aromatic heterocycles. The number of nitrogens with zero attached hydrogens (tertiary/aromatic N) is 5. The van der Waals surface area contributed by atoms with Gasteiger partial charge in [0, 0.05) is 18.2 Å². The molecule has 1 aromatic carbocycles. The van der Waals surface area contributed by atoms with Crippen LogP contribution in [0.2, 0.25) is 0 Å². The Morgan fingerprint density at radius 1 is 1.10 bits per heavy atom. The first-order valence-electron chi connectivity index (χ1n) is 11.1. The smallest absolute Gasteiger partial charge is 0.233 e. The minimum atomic E-state index is 0.235. The average molecular weight is 430 g/mol. The molecule has 2 saturated carbocycles. The van der Waals surface area contributed by atoms with Crippen molar-refractivity contribution in [2.24, 2.45) is 0 Å². The molecular weight excluding hydrogens is 398 g/mol. The molecule has 2 aliphatic carbocycles. The fraction of sp³-hybridized carbons (Fsp3) is 0.636. The molecule has 1 heterocycles. The van der Waals surface area contributed by atoms with Crippen LogP contribution in [0.3, 0.4) is 0 Å². The summed E-state index contributed by atoms with van der Waals surface area (Å²) in [6.45, 7) is 0. The summed E-state index contributed by atoms with van der Waals surface area (Å²) in [7, 11) is 1.64. The quantitative estimate of drug-likeness (QED) is 0.613. The molecule has 8 heteroatoms. The van der Waals surface area contributed by atoms with E-state index in [1.807, 2.05) is 24.3 Å². The van der Waals surface area contributed by atoms with Crippen molar-refractivity contribution in [1.82, 2.24) is 25.1 Å². The fourth-order valence-corrected chi connectivity index (χ4v) is 5.56. The Morgan fingerprint density at radius 2 is 1.77 bits per heavy atom. The molecule has 0 saturated heterocycles. The summed E-state index contributed by atoms with van der Waals surface area (Å²) in [4.78, 5) is 15.6. The predicted octanol–water partition coefficient (Wildman–Crippen LogP) is 4.26. The molecule has 162 valence electrons. The number of hydrogen-bond donors (Lipinski definition) is 0. The van der Waals surface area contributed by atoms with Crippen LogP contribution in [0.15, 0.2) is 29.4 Å². The Morgan fingerprint density at radius 3 is 2.40 bits per heavy atom. The van der Waals surface area contributed by atoms with Crippen molar-refractivity contribution in [2.75, 3.05) is 12.9 Å². The van der Waals surface area contributed by atoms with Gasteiger partial charge in [0.15, 0.2) is 0 Å². The number of rotatable bonds is 7. The molecule has 0 atom stereocenters. The molecule has 2 aromatic rings. The Kier molecular flexibility index (Phi) is 7.25. The van der Waals surface area contributed by atoms with E-state index >= 15 is 0 Å². The van der Waals surface area contributed by atoms with E-state index in [4.69, 9.17) is 4.74 Å². The van der Waals surface area contributed by atoms with E-state index in [2.05, 4.69) is 20.4 Å². The summed E-state index contributed by atoms with van der Waals surface area (Å²) in [5.41, 5.74) is 0.825. The largest absolute Gasteiger partial charge is 0.497 e. The number of aromatic nitrogens is 4. The lowest BCUT2D eigenvalue weighted by molar-refractivity contribution is -0.135. The van der Waals surface area contributed by atoms with Gasteiger partial charge in [-0.15, -0.1) is 5.10 Å². The van der Waals surface area contributed by atoms with Crippen LogP contribution in [0, 0.1) is 0 Å². The number of hydrogen-bond acceptors (Lipinski definition) is 6. The first kappa shape index (κ1) is 21.2. The van der Waals surface area contributed by atoms with Gasteiger partial charge in [-0.3, -0.25) is 4.79 Å². The Bertz CT molecular complexity index is 812. The zero-order valence-electron chi connectivity index (χ0n) is 17.7. The van der Waals surface area contributed by atoms with Crippen LogP contribution >= 0.6 is 11.8 Å². The van der Waals surface area contributed by atoms with E-state index in [9.17, 15) is 4.79 Å². The summed E-state index contributed by atoms with van der Waals surface area (Å²) in [6, 6.07) is 8.42. The van der Waals surface area contributed by atoms with Crippen molar-refractivity contribution in [1.29, 1.82) is 0 Å². The monoisotopic (exact) mass is 429 g/mol. The van der Waals surface area contributed by atoms with Crippen molar-refractivity contribution in [3.8, 4) is 11.4 Å². The molecule has 0 aliphatic heterocycles. The van der Waals surface area contributed by atoms with Gasteiger partial charge in [-0.2, -0.15) is 4.68 Å². The van der Waals surface area contributed by atoms with Crippen LogP contribution in [0.5, 0.6) is 5.75 Å². The second-order valence-electron chi connectivity index (χ2n) is 8.25. The second-order valence-corrected chi connectivity index (χ2v) is 9.19. The van der Waals surface area contributed by atoms with Gasteiger partial charge in [-0.1, -0.05) is 56.4 Å². The van der Waals surface area contributed by atoms with Gasteiger partial charge in [0.05, 0.1) is 18.6 Å². The zero-order chi connectivity index (χ0) is 20.8. The average Bonchev–Trinajstić information content (AvgIpc) is 3.28. The van der Waals surface area contributed by atoms with Gasteiger partial charge in [0.25, 0.3) is 0 Å². The third kappa shape index (κ3) is 4.96. The second kappa shape index (κ2) is 10.3. The normalized spacial score (nSPS) is 18.3. The molecule has 0 radical (unpaired) electrons. The van der Waals surface area contributed by atoms with Crippen LogP contribution in [0.1, 0.15) is 64.2 Å². The molecule has 0 N–H and O–H groups in total. The maximum absolute atomic E-state index is 13.4. The third-order valence-corrected chi connectivity index (χ3v) is 7.19. The number of methoxy groups -OCH3 is 1. The van der Waals surface area contributed by atoms with Crippen molar-refractivity contribution >= 4 is 17.7 Å². The van der Waals surface area contributed by atoms with Gasteiger partial charge in [-0.25, -0.2) is 0 Å². The summed E-state index contributed by atoms with van der Waals surface area (Å²) in [5, 5.41) is 12.7. The van der Waals surface area contributed by atoms with E-state index in [1.165, 1.54) is 50.3 Å². The van der Waals surface area contributed by atoms with Crippen LogP contribution in [0.25, 0.3) is 5.69 Å². The van der Waals surface area contributed by atoms with Crippen molar-refractivity contribution < 1.29 is 9.53 Å². The minimum absolute atomic E-state index is 0.235. The summed E-state index contributed by atoms with van der Waals surface area (Å²) < 4.78 is 6.98. The summed E-state index contributed by atoms with van der Waals surface area (Å²) in [6.07, 6.45) is 12.1. The first-order valence-corrected chi connectivity index (χ1v) is 12.1. The van der Waals surface area contributed by atoms with E-state index < -0.39 is 0 Å². The van der Waals surface area contributed by atoms with Gasteiger partial charge >= 0.3 is 0 Å². The minimum Gasteiger partial charge on any atom is -0.497 e. The molecule has 2 fully saturated rings. The zero-order valence-corrected chi connectivity index (χ0v) is 18.5. The molecule has 4 rings (SSSR count). The molecule has 1 amide bonds. The fourth-order valence-electron chi connectivity index (χ4n) is 4.80. The van der Waals surface area contributed by atoms with Gasteiger partial charge in [-0.05, 0) is 48.2 Å². The number of amides is 1. The lowest BCUT2D eigenvalue weighted by Gasteiger charge is -2.41. The Labute approximate surface area is 182 Å². The van der Waals surface area contributed by atoms with Crippen molar-refractivity contribution in [2.45, 2.75) is 81.4 Å². The molecule has 0 bridgehead atoms. The highest BCUT2D eigenvalue weighted by molar-refractivity contribution is 7.99. The SMILES string of the molecule is COc1cccc(-n2nnnc2SCC(=O)N(C2CCCCC2)C2CCCCC2)c1. The van der Waals surface area contributed by atoms with Crippen molar-refractivity contribution in [3.63, 3.8) is 0 Å². The van der Waals surface area contributed by atoms with Crippen LogP contribution in [-0.2, 0) is 4.79 Å². The van der Waals surface area contributed by atoms with E-state index in [-0.39, 0.29) is 5.91 Å². The number of carbonyl (C=O) groups is 1. The standard InChI is InChI=1S/C22H31N5O2S/c1-29-20-14-8-13-19(15-20)27-22(23-24-25-27)30-16-21(28)26(17-9-4-2-5-10-17)18-11-6-3-7-12-18/h8,13-15,17-18H,2-7,9-12,16H2,1H3. The molecule has 2 aliphatic rings. The predicted molar refractivity (Wildman–Crippen MR) is 117 cm³/mol. The molecule has 0 unspecified atom stereocenters. The molecule has 7 nitrogen and oxygen atoms in total. The molecule has 0 spiro atoms. The van der Waals surface area contributed by atoms with Crippen molar-refractivity contribution in [3.05, 3.63) is 24.3 Å². The highest BCUT2D eigenvalue weighted by Gasteiger charge is 2.32. The van der Waals surface area contributed by atoms with E-state index in [1.54, 1.807) is 11.8 Å². The topological polar surface area (TPSA) is 73.1 Å². The van der Waals surface area contributed by atoms with E-state index in [0.29, 0.717) is 23.0 Å². The molecule has 30 heavy (non-hydrogen) atoms. The maximum Gasteiger partial charge on any atom is 0.233 e. The Hall–Kier alpha value is -2.09. The number of thioether (sulfide) groups is 1. The van der Waals surface area contributed by atoms with Gasteiger partial charge in [0.1, 0.15) is 5.75 Å². The maximum atomic E-state index is 13.4. The molecular formula is C22H31N5O2S. The van der Waals surface area contributed by atoms with Crippen LogP contribution in [0.4, 0.5) is 0 Å². The number of carbonyl (C=O) groups excluding carboxylic acids is 1. The lowest BCUT2D eigenvalue weighted by Crippen LogP contribution is -2.49. The number of benzene rings is 1. The van der Waals surface area contributed by atoms with Crippen LogP contribution in [-0.4, -0.2) is 56.0 Å². The van der Waals surface area contributed by atoms with Gasteiger partial charge < -0.3 is 9.64 Å². The van der Waals surface area contributed by atoms with Gasteiger partial charge in [0.2, 0.25) is 11.1 Å². The lowest BCUT2D eigenvalue weighted by atomic mass is 9.88.